The van der Waals surface area contributed by atoms with E-state index in [1.807, 2.05) is 0 Å². The summed E-state index contributed by atoms with van der Waals surface area (Å²) in [5, 5.41) is 53.8. The van der Waals surface area contributed by atoms with Crippen LogP contribution in [-0.4, -0.2) is 88.0 Å². The third kappa shape index (κ3) is 6.83. The third-order valence-electron chi connectivity index (χ3n) is 4.47. The van der Waals surface area contributed by atoms with Crippen molar-refractivity contribution in [1.82, 2.24) is 5.32 Å². The molecular formula is C19H28N2O10. The molecule has 1 aromatic carbocycles. The van der Waals surface area contributed by atoms with Gasteiger partial charge in [-0.3, -0.25) is 4.79 Å². The molecule has 1 heterocycles. The monoisotopic (exact) mass is 444 g/mol. The fourth-order valence-electron chi connectivity index (χ4n) is 2.81. The van der Waals surface area contributed by atoms with Gasteiger partial charge in [0.2, 0.25) is 12.2 Å². The van der Waals surface area contributed by atoms with Gasteiger partial charge in [0.1, 0.15) is 24.1 Å². The molecular weight excluding hydrogens is 416 g/mol. The quantitative estimate of drug-likeness (QED) is 0.205. The average Bonchev–Trinajstić information content (AvgIpc) is 2.72. The highest BCUT2D eigenvalue weighted by Crippen LogP contribution is 2.31. The zero-order chi connectivity index (χ0) is 23.1. The number of ether oxygens (including phenoxy) is 3. The molecule has 0 saturated carbocycles. The Morgan fingerprint density at radius 3 is 2.52 bits per heavy atom. The number of aliphatic hydroxyl groups excluding tert-OH is 4. The summed E-state index contributed by atoms with van der Waals surface area (Å²) in [6.07, 6.45) is -9.74. The Bertz CT molecular complexity index is 759. The number of carboxylic acid groups (broad SMARTS) is 1. The molecule has 12 heteroatoms. The minimum absolute atomic E-state index is 0.0235. The smallest absolute Gasteiger partial charge is 0.335 e. The SMILES string of the molecule is CNCCC(=O)Nc1cc(COC(C)O)ccc1O[C@@H]1O[C@H](C(=O)O)[C@@H](O)[C@H](O)[C@H]1O. The van der Waals surface area contributed by atoms with Gasteiger partial charge < -0.3 is 50.4 Å². The molecule has 1 fully saturated rings. The first-order valence-electron chi connectivity index (χ1n) is 9.60. The van der Waals surface area contributed by atoms with Gasteiger partial charge in [-0.05, 0) is 31.7 Å². The molecule has 2 rings (SSSR count). The molecule has 1 aliphatic heterocycles. The molecule has 0 radical (unpaired) electrons. The number of benzene rings is 1. The van der Waals surface area contributed by atoms with Crippen LogP contribution in [0.2, 0.25) is 0 Å². The number of nitrogens with one attached hydrogen (secondary N) is 2. The van der Waals surface area contributed by atoms with Crippen molar-refractivity contribution in [1.29, 1.82) is 0 Å². The van der Waals surface area contributed by atoms with Crippen molar-refractivity contribution in [3.8, 4) is 5.75 Å². The van der Waals surface area contributed by atoms with E-state index in [0.717, 1.165) is 0 Å². The van der Waals surface area contributed by atoms with Gasteiger partial charge in [0.15, 0.2) is 12.4 Å². The zero-order valence-corrected chi connectivity index (χ0v) is 17.1. The van der Waals surface area contributed by atoms with Crippen molar-refractivity contribution in [3.05, 3.63) is 23.8 Å². The maximum absolute atomic E-state index is 12.2. The van der Waals surface area contributed by atoms with Crippen molar-refractivity contribution in [2.75, 3.05) is 18.9 Å². The highest BCUT2D eigenvalue weighted by Gasteiger charge is 2.48. The van der Waals surface area contributed by atoms with E-state index in [4.69, 9.17) is 19.3 Å². The zero-order valence-electron chi connectivity index (χ0n) is 17.1. The van der Waals surface area contributed by atoms with E-state index in [1.165, 1.54) is 19.1 Å². The van der Waals surface area contributed by atoms with Gasteiger partial charge in [-0.15, -0.1) is 0 Å². The largest absolute Gasteiger partial charge is 0.479 e. The number of carbonyl (C=O) groups is 2. The summed E-state index contributed by atoms with van der Waals surface area (Å²) in [5.41, 5.74) is 0.761. The van der Waals surface area contributed by atoms with Gasteiger partial charge in [-0.2, -0.15) is 0 Å². The predicted octanol–water partition coefficient (Wildman–Crippen LogP) is -1.64. The van der Waals surface area contributed by atoms with Crippen LogP contribution in [0, 0.1) is 0 Å². The first-order chi connectivity index (χ1) is 14.6. The Kier molecular flexibility index (Phi) is 9.13. The first-order valence-corrected chi connectivity index (χ1v) is 9.60. The van der Waals surface area contributed by atoms with Crippen molar-refractivity contribution in [2.24, 2.45) is 0 Å². The number of amides is 1. The van der Waals surface area contributed by atoms with E-state index in [0.29, 0.717) is 12.1 Å². The number of aliphatic carboxylic acids is 1. The summed E-state index contributed by atoms with van der Waals surface area (Å²) in [7, 11) is 1.69. The number of hydrogen-bond acceptors (Lipinski definition) is 10. The standard InChI is InChI=1S/C19H28N2O10/c1-9(22)29-8-10-3-4-12(11(7-10)21-13(23)5-6-20-2)30-19-16(26)14(24)15(25)17(31-19)18(27)28/h3-4,7,9,14-17,19-20,22,24-26H,5-6,8H2,1-2H3,(H,21,23)(H,27,28)/t9?,14-,15-,16+,17-,19+/m0/s1. The number of rotatable bonds is 10. The van der Waals surface area contributed by atoms with Crippen molar-refractivity contribution in [2.45, 2.75) is 56.9 Å². The van der Waals surface area contributed by atoms with Gasteiger partial charge >= 0.3 is 5.97 Å². The van der Waals surface area contributed by atoms with Gasteiger partial charge in [0, 0.05) is 13.0 Å². The van der Waals surface area contributed by atoms with E-state index in [-0.39, 0.29) is 30.4 Å². The van der Waals surface area contributed by atoms with Crippen molar-refractivity contribution in [3.63, 3.8) is 0 Å². The summed E-state index contributed by atoms with van der Waals surface area (Å²) in [6.45, 7) is 1.89. The molecule has 0 spiro atoms. The number of aliphatic hydroxyl groups is 4. The number of carboxylic acids is 1. The number of carbonyl (C=O) groups excluding carboxylic acids is 1. The van der Waals surface area contributed by atoms with Crippen LogP contribution in [-0.2, 0) is 25.7 Å². The van der Waals surface area contributed by atoms with Crippen LogP contribution in [0.5, 0.6) is 5.75 Å². The van der Waals surface area contributed by atoms with Crippen LogP contribution in [0.15, 0.2) is 18.2 Å². The highest BCUT2D eigenvalue weighted by molar-refractivity contribution is 5.92. The Morgan fingerprint density at radius 2 is 1.90 bits per heavy atom. The third-order valence-corrected chi connectivity index (χ3v) is 4.47. The fourth-order valence-corrected chi connectivity index (χ4v) is 2.81. The van der Waals surface area contributed by atoms with Crippen LogP contribution in [0.3, 0.4) is 0 Å². The fraction of sp³-hybridized carbons (Fsp3) is 0.579. The average molecular weight is 444 g/mol. The summed E-state index contributed by atoms with van der Waals surface area (Å²) < 4.78 is 15.8. The minimum Gasteiger partial charge on any atom is -0.479 e. The molecule has 0 bridgehead atoms. The van der Waals surface area contributed by atoms with Gasteiger partial charge in [-0.25, -0.2) is 4.79 Å². The molecule has 7 N–H and O–H groups in total. The number of anilines is 1. The Labute approximate surface area is 178 Å². The van der Waals surface area contributed by atoms with E-state index in [1.54, 1.807) is 13.1 Å². The molecule has 6 atom stereocenters. The van der Waals surface area contributed by atoms with Gasteiger partial charge in [0.05, 0.1) is 12.3 Å². The molecule has 174 valence electrons. The van der Waals surface area contributed by atoms with E-state index >= 15 is 0 Å². The lowest BCUT2D eigenvalue weighted by atomic mass is 9.99. The second kappa shape index (κ2) is 11.3. The molecule has 12 nitrogen and oxygen atoms in total. The predicted molar refractivity (Wildman–Crippen MR) is 105 cm³/mol. The Morgan fingerprint density at radius 1 is 1.19 bits per heavy atom. The molecule has 0 aliphatic carbocycles. The van der Waals surface area contributed by atoms with Crippen molar-refractivity contribution >= 4 is 17.6 Å². The van der Waals surface area contributed by atoms with Gasteiger partial charge in [-0.1, -0.05) is 6.07 Å². The summed E-state index contributed by atoms with van der Waals surface area (Å²) in [4.78, 5) is 23.5. The Balaban J connectivity index is 2.25. The van der Waals surface area contributed by atoms with E-state index < -0.39 is 43.0 Å². The lowest BCUT2D eigenvalue weighted by Gasteiger charge is -2.38. The van der Waals surface area contributed by atoms with Crippen LogP contribution in [0.4, 0.5) is 5.69 Å². The second-order valence-corrected chi connectivity index (χ2v) is 7.00. The highest BCUT2D eigenvalue weighted by atomic mass is 16.7. The maximum Gasteiger partial charge on any atom is 0.335 e. The lowest BCUT2D eigenvalue weighted by molar-refractivity contribution is -0.271. The summed E-state index contributed by atoms with van der Waals surface area (Å²) in [5.74, 6) is -1.87. The normalized spacial score (nSPS) is 26.8. The Hall–Kier alpha value is -2.32. The molecule has 1 amide bonds. The van der Waals surface area contributed by atoms with Gasteiger partial charge in [0.25, 0.3) is 0 Å². The molecule has 1 unspecified atom stereocenters. The number of hydrogen-bond donors (Lipinski definition) is 7. The molecule has 1 aromatic rings. The first kappa shape index (κ1) is 24.9. The molecule has 1 saturated heterocycles. The minimum atomic E-state index is -1.85. The van der Waals surface area contributed by atoms with Crippen molar-refractivity contribution < 1.29 is 49.3 Å². The van der Waals surface area contributed by atoms with E-state index in [2.05, 4.69) is 10.6 Å². The molecule has 0 aromatic heterocycles. The van der Waals surface area contributed by atoms with Crippen LogP contribution in [0.25, 0.3) is 0 Å². The topological polar surface area (TPSA) is 187 Å². The summed E-state index contributed by atoms with van der Waals surface area (Å²) in [6, 6.07) is 4.51. The lowest BCUT2D eigenvalue weighted by Crippen LogP contribution is -2.61. The van der Waals surface area contributed by atoms with E-state index in [9.17, 15) is 30.0 Å². The van der Waals surface area contributed by atoms with Crippen LogP contribution >= 0.6 is 0 Å². The van der Waals surface area contributed by atoms with Crippen LogP contribution in [0.1, 0.15) is 18.9 Å². The maximum atomic E-state index is 12.2. The molecule has 1 aliphatic rings. The molecule has 31 heavy (non-hydrogen) atoms. The summed E-state index contributed by atoms with van der Waals surface area (Å²) >= 11 is 0. The second-order valence-electron chi connectivity index (χ2n) is 7.00. The van der Waals surface area contributed by atoms with Crippen LogP contribution < -0.4 is 15.4 Å².